The Morgan fingerprint density at radius 1 is 1.20 bits per heavy atom. The molecular formula is C20H27N3O2. The molecule has 0 aliphatic carbocycles. The number of hydrogen-bond acceptors (Lipinski definition) is 4. The van der Waals surface area contributed by atoms with Crippen LogP contribution in [-0.2, 0) is 13.0 Å². The van der Waals surface area contributed by atoms with Gasteiger partial charge in [0.25, 0.3) is 5.91 Å². The number of nitrogens with zero attached hydrogens (tertiary/aromatic N) is 3. The van der Waals surface area contributed by atoms with E-state index in [1.807, 2.05) is 31.2 Å². The zero-order valence-electron chi connectivity index (χ0n) is 15.1. The van der Waals surface area contributed by atoms with E-state index in [-0.39, 0.29) is 18.6 Å². The van der Waals surface area contributed by atoms with E-state index in [4.69, 9.17) is 0 Å². The molecule has 5 heteroatoms. The van der Waals surface area contributed by atoms with Gasteiger partial charge in [-0.25, -0.2) is 0 Å². The number of amides is 1. The molecule has 0 spiro atoms. The van der Waals surface area contributed by atoms with Gasteiger partial charge in [-0.2, -0.15) is 0 Å². The second kappa shape index (κ2) is 9.89. The number of aromatic nitrogens is 2. The summed E-state index contributed by atoms with van der Waals surface area (Å²) >= 11 is 0. The van der Waals surface area contributed by atoms with Crippen molar-refractivity contribution < 1.29 is 9.90 Å². The first-order valence-corrected chi connectivity index (χ1v) is 8.96. The van der Waals surface area contributed by atoms with Gasteiger partial charge >= 0.3 is 0 Å². The van der Waals surface area contributed by atoms with E-state index in [1.54, 1.807) is 23.4 Å². The summed E-state index contributed by atoms with van der Waals surface area (Å²) < 4.78 is 0. The van der Waals surface area contributed by atoms with Crippen molar-refractivity contribution in [2.75, 3.05) is 6.61 Å². The van der Waals surface area contributed by atoms with Crippen molar-refractivity contribution in [3.05, 3.63) is 59.7 Å². The minimum Gasteiger partial charge on any atom is -0.394 e. The monoisotopic (exact) mass is 341 g/mol. The molecule has 0 aliphatic rings. The Morgan fingerprint density at radius 3 is 2.60 bits per heavy atom. The van der Waals surface area contributed by atoms with E-state index in [2.05, 4.69) is 16.9 Å². The van der Waals surface area contributed by atoms with Crippen LogP contribution in [0.5, 0.6) is 0 Å². The van der Waals surface area contributed by atoms with Crippen molar-refractivity contribution in [2.45, 2.75) is 52.1 Å². The molecule has 0 aliphatic heterocycles. The summed E-state index contributed by atoms with van der Waals surface area (Å²) in [6.45, 7) is 4.39. The summed E-state index contributed by atoms with van der Waals surface area (Å²) in [5.41, 5.74) is 2.34. The Morgan fingerprint density at radius 2 is 2.04 bits per heavy atom. The highest BCUT2D eigenvalue weighted by Crippen LogP contribution is 2.14. The summed E-state index contributed by atoms with van der Waals surface area (Å²) in [4.78, 5) is 23.3. The fourth-order valence-corrected chi connectivity index (χ4v) is 2.71. The van der Waals surface area contributed by atoms with E-state index >= 15 is 0 Å². The molecule has 2 heterocycles. The van der Waals surface area contributed by atoms with E-state index in [9.17, 15) is 9.90 Å². The molecule has 0 fully saturated rings. The zero-order chi connectivity index (χ0) is 18.1. The predicted octanol–water partition coefficient (Wildman–Crippen LogP) is 3.23. The number of pyridine rings is 2. The standard InChI is InChI=1S/C20H27N3O2/c1-3-5-8-16-10-11-19(22-13-16)20(25)23(18(4-2)15-24)14-17-9-6-7-12-21-17/h6-7,9-13,18,24H,3-5,8,14-15H2,1-2H3/t18-/m0/s1. The lowest BCUT2D eigenvalue weighted by molar-refractivity contribution is 0.0554. The lowest BCUT2D eigenvalue weighted by Gasteiger charge is -2.29. The molecule has 134 valence electrons. The molecule has 0 saturated carbocycles. The zero-order valence-corrected chi connectivity index (χ0v) is 15.1. The molecule has 5 nitrogen and oxygen atoms in total. The van der Waals surface area contributed by atoms with Gasteiger partial charge in [-0.05, 0) is 43.0 Å². The van der Waals surface area contributed by atoms with Crippen LogP contribution in [0.2, 0.25) is 0 Å². The van der Waals surface area contributed by atoms with E-state index in [0.29, 0.717) is 18.7 Å². The number of carbonyl (C=O) groups excluding carboxylic acids is 1. The van der Waals surface area contributed by atoms with Crippen LogP contribution >= 0.6 is 0 Å². The Balaban J connectivity index is 2.19. The van der Waals surface area contributed by atoms with Gasteiger partial charge in [0.05, 0.1) is 24.9 Å². The molecule has 2 rings (SSSR count). The van der Waals surface area contributed by atoms with Crippen LogP contribution < -0.4 is 0 Å². The fourth-order valence-electron chi connectivity index (χ4n) is 2.71. The largest absolute Gasteiger partial charge is 0.394 e. The average molecular weight is 341 g/mol. The SMILES string of the molecule is CCCCc1ccc(C(=O)N(Cc2ccccn2)[C@@H](CC)CO)nc1. The maximum Gasteiger partial charge on any atom is 0.273 e. The van der Waals surface area contributed by atoms with Crippen LogP contribution in [0.25, 0.3) is 0 Å². The Bertz CT molecular complexity index is 640. The third kappa shape index (κ3) is 5.36. The Hall–Kier alpha value is -2.27. The second-order valence-electron chi connectivity index (χ2n) is 6.15. The number of unbranched alkanes of at least 4 members (excludes halogenated alkanes) is 1. The molecule has 0 saturated heterocycles. The molecule has 2 aromatic rings. The van der Waals surface area contributed by atoms with E-state index in [0.717, 1.165) is 30.5 Å². The molecule has 0 unspecified atom stereocenters. The van der Waals surface area contributed by atoms with Gasteiger partial charge in [0, 0.05) is 12.4 Å². The van der Waals surface area contributed by atoms with Crippen molar-refractivity contribution in [2.24, 2.45) is 0 Å². The molecular weight excluding hydrogens is 314 g/mol. The molecule has 1 amide bonds. The van der Waals surface area contributed by atoms with Crippen LogP contribution in [0, 0.1) is 0 Å². The van der Waals surface area contributed by atoms with E-state index in [1.165, 1.54) is 0 Å². The first-order valence-electron chi connectivity index (χ1n) is 8.96. The third-order valence-corrected chi connectivity index (χ3v) is 4.30. The first-order chi connectivity index (χ1) is 12.2. The Labute approximate surface area is 149 Å². The van der Waals surface area contributed by atoms with Gasteiger partial charge in [0.1, 0.15) is 5.69 Å². The average Bonchev–Trinajstić information content (AvgIpc) is 2.67. The highest BCUT2D eigenvalue weighted by molar-refractivity contribution is 5.92. The van der Waals surface area contributed by atoms with Gasteiger partial charge in [-0.1, -0.05) is 32.4 Å². The predicted molar refractivity (Wildman–Crippen MR) is 98.1 cm³/mol. The van der Waals surface area contributed by atoms with Crippen molar-refractivity contribution in [1.29, 1.82) is 0 Å². The van der Waals surface area contributed by atoms with Gasteiger partial charge in [0.2, 0.25) is 0 Å². The molecule has 1 N–H and O–H groups in total. The number of aliphatic hydroxyl groups excluding tert-OH is 1. The summed E-state index contributed by atoms with van der Waals surface area (Å²) in [7, 11) is 0. The quantitative estimate of drug-likeness (QED) is 0.760. The van der Waals surface area contributed by atoms with Gasteiger partial charge < -0.3 is 10.0 Å². The minimum absolute atomic E-state index is 0.0797. The third-order valence-electron chi connectivity index (χ3n) is 4.30. The minimum atomic E-state index is -0.254. The molecule has 0 radical (unpaired) electrons. The summed E-state index contributed by atoms with van der Waals surface area (Å²) in [6.07, 6.45) is 7.38. The maximum atomic E-state index is 13.0. The molecule has 0 bridgehead atoms. The highest BCUT2D eigenvalue weighted by Gasteiger charge is 2.24. The lowest BCUT2D eigenvalue weighted by Crippen LogP contribution is -2.42. The smallest absolute Gasteiger partial charge is 0.273 e. The fraction of sp³-hybridized carbons (Fsp3) is 0.450. The molecule has 1 atom stereocenters. The van der Waals surface area contributed by atoms with Crippen LogP contribution in [0.15, 0.2) is 42.7 Å². The van der Waals surface area contributed by atoms with Crippen LogP contribution in [0.4, 0.5) is 0 Å². The van der Waals surface area contributed by atoms with Crippen LogP contribution in [0.3, 0.4) is 0 Å². The van der Waals surface area contributed by atoms with Crippen molar-refractivity contribution in [1.82, 2.24) is 14.9 Å². The second-order valence-corrected chi connectivity index (χ2v) is 6.15. The van der Waals surface area contributed by atoms with Crippen LogP contribution in [0.1, 0.15) is 54.9 Å². The number of rotatable bonds is 9. The number of carbonyl (C=O) groups is 1. The summed E-state index contributed by atoms with van der Waals surface area (Å²) in [5.74, 6) is -0.173. The molecule has 25 heavy (non-hydrogen) atoms. The molecule has 2 aromatic heterocycles. The Kier molecular flexibility index (Phi) is 7.54. The number of aliphatic hydroxyl groups is 1. The maximum absolute atomic E-state index is 13.0. The summed E-state index contributed by atoms with van der Waals surface area (Å²) in [5, 5.41) is 9.68. The van der Waals surface area contributed by atoms with E-state index < -0.39 is 0 Å². The van der Waals surface area contributed by atoms with Gasteiger partial charge in [-0.15, -0.1) is 0 Å². The molecule has 0 aromatic carbocycles. The summed E-state index contributed by atoms with van der Waals surface area (Å²) in [6, 6.07) is 9.11. The van der Waals surface area contributed by atoms with Crippen molar-refractivity contribution in [3.8, 4) is 0 Å². The topological polar surface area (TPSA) is 66.3 Å². The van der Waals surface area contributed by atoms with Crippen molar-refractivity contribution >= 4 is 5.91 Å². The first kappa shape index (κ1) is 19.1. The van der Waals surface area contributed by atoms with Crippen molar-refractivity contribution in [3.63, 3.8) is 0 Å². The van der Waals surface area contributed by atoms with Gasteiger partial charge in [-0.3, -0.25) is 14.8 Å². The normalized spacial score (nSPS) is 12.0. The van der Waals surface area contributed by atoms with Gasteiger partial charge in [0.15, 0.2) is 0 Å². The number of aryl methyl sites for hydroxylation is 1. The number of hydrogen-bond donors (Lipinski definition) is 1. The lowest BCUT2D eigenvalue weighted by atomic mass is 10.1. The highest BCUT2D eigenvalue weighted by atomic mass is 16.3. The van der Waals surface area contributed by atoms with Crippen LogP contribution in [-0.4, -0.2) is 38.5 Å².